The molecule has 0 spiro atoms. The zero-order chi connectivity index (χ0) is 14.8. The summed E-state index contributed by atoms with van der Waals surface area (Å²) in [5.41, 5.74) is 3.39. The zero-order valence-corrected chi connectivity index (χ0v) is 14.5. The van der Waals surface area contributed by atoms with Gasteiger partial charge >= 0.3 is 0 Å². The maximum Gasteiger partial charge on any atom is 0.0705 e. The molecule has 1 N–H and O–H groups in total. The second-order valence-electron chi connectivity index (χ2n) is 5.03. The molecule has 0 aliphatic rings. The Labute approximate surface area is 137 Å². The van der Waals surface area contributed by atoms with Crippen molar-refractivity contribution in [2.75, 3.05) is 6.54 Å². The molecule has 2 nitrogen and oxygen atoms in total. The fourth-order valence-corrected chi connectivity index (χ4v) is 4.21. The van der Waals surface area contributed by atoms with Gasteiger partial charge in [-0.05, 0) is 64.6 Å². The van der Waals surface area contributed by atoms with Crippen molar-refractivity contribution < 1.29 is 0 Å². The smallest absolute Gasteiger partial charge is 0.0705 e. The highest BCUT2D eigenvalue weighted by Crippen LogP contribution is 2.34. The summed E-state index contributed by atoms with van der Waals surface area (Å²) in [7, 11) is 0. The van der Waals surface area contributed by atoms with E-state index >= 15 is 0 Å². The van der Waals surface area contributed by atoms with Gasteiger partial charge in [-0.2, -0.15) is 0 Å². The van der Waals surface area contributed by atoms with Crippen LogP contribution in [0.25, 0.3) is 10.9 Å². The highest BCUT2D eigenvalue weighted by Gasteiger charge is 2.17. The molecule has 0 fully saturated rings. The largest absolute Gasteiger partial charge is 0.306 e. The van der Waals surface area contributed by atoms with Gasteiger partial charge in [-0.3, -0.25) is 4.98 Å². The minimum atomic E-state index is 0.218. The van der Waals surface area contributed by atoms with Gasteiger partial charge in [-0.25, -0.2) is 0 Å². The second kappa shape index (κ2) is 6.26. The predicted molar refractivity (Wildman–Crippen MR) is 94.0 cm³/mol. The van der Waals surface area contributed by atoms with Gasteiger partial charge < -0.3 is 5.32 Å². The maximum absolute atomic E-state index is 4.58. The van der Waals surface area contributed by atoms with Crippen molar-refractivity contribution in [3.05, 3.63) is 62.4 Å². The molecular formula is C17H17BrN2S. The first-order chi connectivity index (χ1) is 10.2. The average Bonchev–Trinajstić information content (AvgIpc) is 2.90. The Hall–Kier alpha value is -1.23. The van der Waals surface area contributed by atoms with Gasteiger partial charge in [0, 0.05) is 20.4 Å². The van der Waals surface area contributed by atoms with Crippen LogP contribution < -0.4 is 5.32 Å². The van der Waals surface area contributed by atoms with Gasteiger partial charge in [0.1, 0.15) is 0 Å². The molecule has 1 aromatic carbocycles. The number of benzene rings is 1. The molecule has 3 rings (SSSR count). The molecule has 1 atom stereocenters. The van der Waals surface area contributed by atoms with Crippen LogP contribution in [-0.2, 0) is 0 Å². The van der Waals surface area contributed by atoms with E-state index in [0.29, 0.717) is 0 Å². The van der Waals surface area contributed by atoms with Crippen LogP contribution in [0.4, 0.5) is 0 Å². The molecule has 0 amide bonds. The van der Waals surface area contributed by atoms with Gasteiger partial charge in [0.25, 0.3) is 0 Å². The van der Waals surface area contributed by atoms with Crippen LogP contribution in [0.5, 0.6) is 0 Å². The third-order valence-electron chi connectivity index (χ3n) is 3.50. The highest BCUT2D eigenvalue weighted by atomic mass is 79.9. The van der Waals surface area contributed by atoms with E-state index in [1.807, 2.05) is 6.92 Å². The number of thiophene rings is 1. The first-order valence-corrected chi connectivity index (χ1v) is 8.70. The van der Waals surface area contributed by atoms with E-state index in [2.05, 4.69) is 74.9 Å². The summed E-state index contributed by atoms with van der Waals surface area (Å²) in [6.45, 7) is 5.09. The molecule has 2 heterocycles. The minimum Gasteiger partial charge on any atom is -0.306 e. The number of pyridine rings is 1. The van der Waals surface area contributed by atoms with Crippen molar-refractivity contribution in [2.45, 2.75) is 19.9 Å². The molecule has 3 aromatic rings. The summed E-state index contributed by atoms with van der Waals surface area (Å²) in [6.07, 6.45) is 0. The quantitative estimate of drug-likeness (QED) is 0.702. The minimum absolute atomic E-state index is 0.218. The lowest BCUT2D eigenvalue weighted by atomic mass is 10.0. The summed E-state index contributed by atoms with van der Waals surface area (Å²) in [5.74, 6) is 0. The Bertz CT molecular complexity index is 766. The van der Waals surface area contributed by atoms with E-state index in [4.69, 9.17) is 0 Å². The number of aryl methyl sites for hydroxylation is 1. The number of hydrogen-bond donors (Lipinski definition) is 1. The third-order valence-corrected chi connectivity index (χ3v) is 5.44. The molecule has 0 radical (unpaired) electrons. The molecule has 108 valence electrons. The van der Waals surface area contributed by atoms with Gasteiger partial charge in [0.2, 0.25) is 0 Å². The average molecular weight is 361 g/mol. The number of fused-ring (bicyclic) bond motifs is 1. The lowest BCUT2D eigenvalue weighted by molar-refractivity contribution is 0.638. The summed E-state index contributed by atoms with van der Waals surface area (Å²) < 4.78 is 1.17. The SMILES string of the molecule is CCNC(c1ccc2nc(C)ccc2c1)c1sccc1Br. The van der Waals surface area contributed by atoms with E-state index in [1.165, 1.54) is 20.3 Å². The molecule has 0 aliphatic heterocycles. The van der Waals surface area contributed by atoms with E-state index in [-0.39, 0.29) is 6.04 Å². The normalized spacial score (nSPS) is 12.7. The van der Waals surface area contributed by atoms with E-state index in [9.17, 15) is 0 Å². The number of aromatic nitrogens is 1. The van der Waals surface area contributed by atoms with Crippen molar-refractivity contribution >= 4 is 38.2 Å². The predicted octanol–water partition coefficient (Wildman–Crippen LogP) is 5.07. The summed E-state index contributed by atoms with van der Waals surface area (Å²) >= 11 is 5.43. The fourth-order valence-electron chi connectivity index (χ4n) is 2.50. The summed E-state index contributed by atoms with van der Waals surface area (Å²) in [5, 5.41) is 6.89. The lowest BCUT2D eigenvalue weighted by Crippen LogP contribution is -2.21. The van der Waals surface area contributed by atoms with Crippen molar-refractivity contribution in [3.63, 3.8) is 0 Å². The highest BCUT2D eigenvalue weighted by molar-refractivity contribution is 9.10. The Kier molecular flexibility index (Phi) is 4.38. The van der Waals surface area contributed by atoms with Crippen molar-refractivity contribution in [3.8, 4) is 0 Å². The Balaban J connectivity index is 2.07. The van der Waals surface area contributed by atoms with Gasteiger partial charge in [0.05, 0.1) is 11.6 Å². The first-order valence-electron chi connectivity index (χ1n) is 7.02. The number of nitrogens with zero attached hydrogens (tertiary/aromatic N) is 1. The van der Waals surface area contributed by atoms with Crippen LogP contribution in [0.2, 0.25) is 0 Å². The van der Waals surface area contributed by atoms with Crippen LogP contribution >= 0.6 is 27.3 Å². The molecule has 21 heavy (non-hydrogen) atoms. The molecular weight excluding hydrogens is 344 g/mol. The van der Waals surface area contributed by atoms with Gasteiger partial charge in [-0.15, -0.1) is 11.3 Å². The summed E-state index contributed by atoms with van der Waals surface area (Å²) in [6, 6.07) is 13.1. The Morgan fingerprint density at radius 2 is 2.10 bits per heavy atom. The molecule has 0 saturated heterocycles. The van der Waals surface area contributed by atoms with Gasteiger partial charge in [-0.1, -0.05) is 19.1 Å². The second-order valence-corrected chi connectivity index (χ2v) is 6.83. The van der Waals surface area contributed by atoms with Crippen molar-refractivity contribution in [1.29, 1.82) is 0 Å². The van der Waals surface area contributed by atoms with E-state index in [1.54, 1.807) is 11.3 Å². The van der Waals surface area contributed by atoms with Gasteiger partial charge in [0.15, 0.2) is 0 Å². The topological polar surface area (TPSA) is 24.9 Å². The maximum atomic E-state index is 4.58. The number of rotatable bonds is 4. The van der Waals surface area contributed by atoms with Crippen molar-refractivity contribution in [1.82, 2.24) is 10.3 Å². The molecule has 2 aromatic heterocycles. The summed E-state index contributed by atoms with van der Waals surface area (Å²) in [4.78, 5) is 5.89. The van der Waals surface area contributed by atoms with E-state index < -0.39 is 0 Å². The Morgan fingerprint density at radius 1 is 1.24 bits per heavy atom. The standard InChI is InChI=1S/C17H17BrN2S/c1-3-19-16(17-14(18)8-9-21-17)13-6-7-15-12(10-13)5-4-11(2)20-15/h4-10,16,19H,3H2,1-2H3. The Morgan fingerprint density at radius 3 is 2.81 bits per heavy atom. The van der Waals surface area contributed by atoms with Crippen LogP contribution in [0.1, 0.15) is 29.1 Å². The van der Waals surface area contributed by atoms with Crippen LogP contribution in [0, 0.1) is 6.92 Å². The molecule has 0 aliphatic carbocycles. The van der Waals surface area contributed by atoms with E-state index in [0.717, 1.165) is 17.8 Å². The monoisotopic (exact) mass is 360 g/mol. The van der Waals surface area contributed by atoms with Crippen LogP contribution in [-0.4, -0.2) is 11.5 Å². The van der Waals surface area contributed by atoms with Crippen molar-refractivity contribution in [2.24, 2.45) is 0 Å². The van der Waals surface area contributed by atoms with Crippen LogP contribution in [0.3, 0.4) is 0 Å². The number of hydrogen-bond acceptors (Lipinski definition) is 3. The first kappa shape index (κ1) is 14.7. The lowest BCUT2D eigenvalue weighted by Gasteiger charge is -2.18. The molecule has 1 unspecified atom stereocenters. The fraction of sp³-hybridized carbons (Fsp3) is 0.235. The number of nitrogens with one attached hydrogen (secondary N) is 1. The molecule has 4 heteroatoms. The van der Waals surface area contributed by atoms with Crippen LogP contribution in [0.15, 0.2) is 46.3 Å². The third kappa shape index (κ3) is 3.03. The molecule has 0 saturated carbocycles. The molecule has 0 bridgehead atoms. The number of halogens is 1. The zero-order valence-electron chi connectivity index (χ0n) is 12.1.